The van der Waals surface area contributed by atoms with Gasteiger partial charge in [-0.2, -0.15) is 0 Å². The van der Waals surface area contributed by atoms with Crippen molar-refractivity contribution in [2.45, 2.75) is 10.8 Å². The van der Waals surface area contributed by atoms with Gasteiger partial charge in [-0.3, -0.25) is 4.79 Å². The van der Waals surface area contributed by atoms with Crippen LogP contribution in [0.4, 0.5) is 5.82 Å². The summed E-state index contributed by atoms with van der Waals surface area (Å²) in [5, 5.41) is 11.5. The standard InChI is InChI=1S/C16H12BrN3O2S/c17-12-5-3-11(4-6-12)10-23-15-8-7-14(19-20-15)18-16(21)13-2-1-9-22-13/h1-9H,10H2,(H,18,19,21). The molecule has 2 heterocycles. The number of aromatic nitrogens is 2. The molecule has 0 spiro atoms. The van der Waals surface area contributed by atoms with Crippen LogP contribution in [0.5, 0.6) is 0 Å². The zero-order valence-corrected chi connectivity index (χ0v) is 14.3. The van der Waals surface area contributed by atoms with Gasteiger partial charge in [0.25, 0.3) is 5.91 Å². The number of thioether (sulfide) groups is 1. The van der Waals surface area contributed by atoms with E-state index in [2.05, 4.69) is 43.6 Å². The van der Waals surface area contributed by atoms with Gasteiger partial charge in [0, 0.05) is 10.2 Å². The number of hydrogen-bond acceptors (Lipinski definition) is 5. The molecule has 0 saturated heterocycles. The van der Waals surface area contributed by atoms with Gasteiger partial charge in [0.05, 0.1) is 6.26 Å². The van der Waals surface area contributed by atoms with Gasteiger partial charge >= 0.3 is 0 Å². The predicted octanol–water partition coefficient (Wildman–Crippen LogP) is 4.38. The second-order valence-electron chi connectivity index (χ2n) is 4.60. The van der Waals surface area contributed by atoms with Crippen LogP contribution in [-0.4, -0.2) is 16.1 Å². The summed E-state index contributed by atoms with van der Waals surface area (Å²) in [6.07, 6.45) is 1.45. The van der Waals surface area contributed by atoms with E-state index in [1.165, 1.54) is 11.8 Å². The number of carbonyl (C=O) groups excluding carboxylic acids is 1. The normalized spacial score (nSPS) is 10.5. The first-order chi connectivity index (χ1) is 11.2. The summed E-state index contributed by atoms with van der Waals surface area (Å²) in [4.78, 5) is 11.8. The molecule has 23 heavy (non-hydrogen) atoms. The maximum absolute atomic E-state index is 11.8. The molecule has 1 N–H and O–H groups in total. The lowest BCUT2D eigenvalue weighted by Gasteiger charge is -2.04. The lowest BCUT2D eigenvalue weighted by molar-refractivity contribution is 0.0996. The smallest absolute Gasteiger partial charge is 0.292 e. The van der Waals surface area contributed by atoms with Crippen LogP contribution < -0.4 is 5.32 Å². The van der Waals surface area contributed by atoms with Gasteiger partial charge in [-0.25, -0.2) is 0 Å². The zero-order chi connectivity index (χ0) is 16.1. The number of furan rings is 1. The highest BCUT2D eigenvalue weighted by Crippen LogP contribution is 2.22. The zero-order valence-electron chi connectivity index (χ0n) is 11.9. The molecule has 1 aromatic carbocycles. The Morgan fingerprint density at radius 2 is 1.96 bits per heavy atom. The average Bonchev–Trinajstić information content (AvgIpc) is 3.10. The summed E-state index contributed by atoms with van der Waals surface area (Å²) in [5.74, 6) is 1.08. The van der Waals surface area contributed by atoms with Gasteiger partial charge in [0.1, 0.15) is 5.03 Å². The van der Waals surface area contributed by atoms with Crippen molar-refractivity contribution in [3.63, 3.8) is 0 Å². The summed E-state index contributed by atoms with van der Waals surface area (Å²) in [6.45, 7) is 0. The molecule has 0 unspecified atom stereocenters. The van der Waals surface area contributed by atoms with E-state index in [1.54, 1.807) is 30.0 Å². The molecule has 1 amide bonds. The van der Waals surface area contributed by atoms with Crippen LogP contribution >= 0.6 is 27.7 Å². The first-order valence-electron chi connectivity index (χ1n) is 6.76. The monoisotopic (exact) mass is 389 g/mol. The fraction of sp³-hybridized carbons (Fsp3) is 0.0625. The Labute approximate surface area is 145 Å². The first-order valence-corrected chi connectivity index (χ1v) is 8.54. The largest absolute Gasteiger partial charge is 0.459 e. The van der Waals surface area contributed by atoms with Crippen molar-refractivity contribution in [3.05, 3.63) is 70.6 Å². The van der Waals surface area contributed by atoms with Crippen molar-refractivity contribution in [3.8, 4) is 0 Å². The third-order valence-electron chi connectivity index (χ3n) is 2.93. The fourth-order valence-corrected chi connectivity index (χ4v) is 2.82. The number of halogens is 1. The highest BCUT2D eigenvalue weighted by Gasteiger charge is 2.09. The van der Waals surface area contributed by atoms with Crippen molar-refractivity contribution in [2.24, 2.45) is 0 Å². The van der Waals surface area contributed by atoms with Crippen LogP contribution in [0.3, 0.4) is 0 Å². The molecule has 2 aromatic heterocycles. The minimum atomic E-state index is -0.348. The van der Waals surface area contributed by atoms with Gasteiger partial charge in [0.2, 0.25) is 0 Å². The molecular formula is C16H12BrN3O2S. The van der Waals surface area contributed by atoms with Crippen LogP contribution in [0.2, 0.25) is 0 Å². The number of anilines is 1. The maximum Gasteiger partial charge on any atom is 0.292 e. The van der Waals surface area contributed by atoms with Crippen LogP contribution in [0.15, 0.2) is 68.7 Å². The van der Waals surface area contributed by atoms with Crippen molar-refractivity contribution >= 4 is 39.4 Å². The Morgan fingerprint density at radius 3 is 2.61 bits per heavy atom. The van der Waals surface area contributed by atoms with Gasteiger partial charge in [-0.15, -0.1) is 10.2 Å². The summed E-state index contributed by atoms with van der Waals surface area (Å²) < 4.78 is 6.08. The first kappa shape index (κ1) is 15.8. The topological polar surface area (TPSA) is 68.0 Å². The van der Waals surface area contributed by atoms with Gasteiger partial charge in [-0.05, 0) is 42.0 Å². The molecule has 0 fully saturated rings. The molecule has 0 radical (unpaired) electrons. The van der Waals surface area contributed by atoms with E-state index >= 15 is 0 Å². The second kappa shape index (κ2) is 7.43. The molecule has 3 rings (SSSR count). The van der Waals surface area contributed by atoms with Crippen LogP contribution in [0.25, 0.3) is 0 Å². The number of carbonyl (C=O) groups is 1. The van der Waals surface area contributed by atoms with Crippen LogP contribution in [-0.2, 0) is 5.75 Å². The molecule has 0 aliphatic heterocycles. The van der Waals surface area contributed by atoms with E-state index in [1.807, 2.05) is 18.2 Å². The Balaban J connectivity index is 1.56. The minimum absolute atomic E-state index is 0.237. The number of amides is 1. The van der Waals surface area contributed by atoms with Gasteiger partial charge < -0.3 is 9.73 Å². The van der Waals surface area contributed by atoms with Gasteiger partial charge in [-0.1, -0.05) is 39.8 Å². The SMILES string of the molecule is O=C(Nc1ccc(SCc2ccc(Br)cc2)nn1)c1ccco1. The molecule has 0 aliphatic carbocycles. The molecule has 5 nitrogen and oxygen atoms in total. The number of nitrogens with one attached hydrogen (secondary N) is 1. The van der Waals surface area contributed by atoms with E-state index in [0.717, 1.165) is 15.3 Å². The summed E-state index contributed by atoms with van der Waals surface area (Å²) in [5.41, 5.74) is 1.20. The van der Waals surface area contributed by atoms with E-state index in [4.69, 9.17) is 4.42 Å². The lowest BCUT2D eigenvalue weighted by Crippen LogP contribution is -2.12. The van der Waals surface area contributed by atoms with E-state index < -0.39 is 0 Å². The maximum atomic E-state index is 11.8. The predicted molar refractivity (Wildman–Crippen MR) is 92.4 cm³/mol. The van der Waals surface area contributed by atoms with Crippen LogP contribution in [0.1, 0.15) is 16.1 Å². The number of hydrogen-bond donors (Lipinski definition) is 1. The Kier molecular flexibility index (Phi) is 5.09. The van der Waals surface area contributed by atoms with Crippen molar-refractivity contribution in [1.82, 2.24) is 10.2 Å². The molecule has 7 heteroatoms. The van der Waals surface area contributed by atoms with Crippen molar-refractivity contribution < 1.29 is 9.21 Å². The third-order valence-corrected chi connectivity index (χ3v) is 4.45. The van der Waals surface area contributed by atoms with Crippen LogP contribution in [0, 0.1) is 0 Å². The Bertz CT molecular complexity index is 774. The average molecular weight is 390 g/mol. The number of nitrogens with zero attached hydrogens (tertiary/aromatic N) is 2. The molecular weight excluding hydrogens is 378 g/mol. The summed E-state index contributed by atoms with van der Waals surface area (Å²) >= 11 is 5.00. The number of rotatable bonds is 5. The minimum Gasteiger partial charge on any atom is -0.459 e. The van der Waals surface area contributed by atoms with E-state index in [-0.39, 0.29) is 11.7 Å². The quantitative estimate of drug-likeness (QED) is 0.655. The molecule has 0 aliphatic rings. The molecule has 0 bridgehead atoms. The lowest BCUT2D eigenvalue weighted by atomic mass is 10.2. The fourth-order valence-electron chi connectivity index (χ4n) is 1.79. The molecule has 116 valence electrons. The van der Waals surface area contributed by atoms with Crippen molar-refractivity contribution in [1.29, 1.82) is 0 Å². The van der Waals surface area contributed by atoms with E-state index in [0.29, 0.717) is 5.82 Å². The molecule has 0 saturated carbocycles. The molecule has 3 aromatic rings. The number of benzene rings is 1. The summed E-state index contributed by atoms with van der Waals surface area (Å²) in [7, 11) is 0. The van der Waals surface area contributed by atoms with Crippen molar-refractivity contribution in [2.75, 3.05) is 5.32 Å². The molecule has 0 atom stereocenters. The highest BCUT2D eigenvalue weighted by atomic mass is 79.9. The second-order valence-corrected chi connectivity index (χ2v) is 6.51. The van der Waals surface area contributed by atoms with Gasteiger partial charge in [0.15, 0.2) is 11.6 Å². The van der Waals surface area contributed by atoms with E-state index in [9.17, 15) is 4.79 Å². The third kappa shape index (κ3) is 4.43. The Morgan fingerprint density at radius 1 is 1.13 bits per heavy atom. The summed E-state index contributed by atoms with van der Waals surface area (Å²) in [6, 6.07) is 14.9. The Hall–Kier alpha value is -2.12. The highest BCUT2D eigenvalue weighted by molar-refractivity contribution is 9.10.